The van der Waals surface area contributed by atoms with Gasteiger partial charge in [0.15, 0.2) is 5.13 Å². The van der Waals surface area contributed by atoms with Crippen LogP contribution in [0.25, 0.3) is 11.3 Å². The highest BCUT2D eigenvalue weighted by atomic mass is 32.1. The van der Waals surface area contributed by atoms with Gasteiger partial charge in [-0.1, -0.05) is 59.9 Å². The number of carbonyl (C=O) groups excluding carboxylic acids is 2. The first-order valence-electron chi connectivity index (χ1n) is 13.6. The Morgan fingerprint density at radius 1 is 1.05 bits per heavy atom. The summed E-state index contributed by atoms with van der Waals surface area (Å²) in [5, 5.41) is 9.99. The predicted molar refractivity (Wildman–Crippen MR) is 161 cm³/mol. The molecular formula is C31H33N5O4S. The quantitative estimate of drug-likeness (QED) is 0.159. The molecule has 0 atom stereocenters. The summed E-state index contributed by atoms with van der Waals surface area (Å²) in [7, 11) is 0. The van der Waals surface area contributed by atoms with Crippen LogP contribution < -0.4 is 31.2 Å². The molecule has 9 nitrogen and oxygen atoms in total. The van der Waals surface area contributed by atoms with Crippen LogP contribution in [0.1, 0.15) is 40.7 Å². The minimum Gasteiger partial charge on any atom is -0.494 e. The fraction of sp³-hybridized carbons (Fsp3) is 0.258. The van der Waals surface area contributed by atoms with Crippen LogP contribution in [0.5, 0.6) is 10.8 Å². The molecule has 0 saturated heterocycles. The molecule has 5 N–H and O–H groups in total. The summed E-state index contributed by atoms with van der Waals surface area (Å²) in [6.07, 6.45) is 2.19. The molecule has 0 spiro atoms. The number of thiazole rings is 1. The molecule has 2 amide bonds. The minimum absolute atomic E-state index is 0.0964. The van der Waals surface area contributed by atoms with Crippen LogP contribution >= 0.6 is 11.3 Å². The van der Waals surface area contributed by atoms with E-state index in [2.05, 4.69) is 16.0 Å². The van der Waals surface area contributed by atoms with Gasteiger partial charge in [0.2, 0.25) is 5.06 Å². The SMILES string of the molecule is Cc1ccc(C(=O)NC2CC2)cc1Nc1nc(-c2cccc(OCCCN)c2)c(OC(=O)NCc2ccccc2)s1. The maximum atomic E-state index is 12.8. The lowest BCUT2D eigenvalue weighted by Crippen LogP contribution is -2.26. The zero-order valence-corrected chi connectivity index (χ0v) is 23.6. The second-order valence-electron chi connectivity index (χ2n) is 9.80. The average molecular weight is 572 g/mol. The molecule has 41 heavy (non-hydrogen) atoms. The molecule has 10 heteroatoms. The molecule has 1 fully saturated rings. The lowest BCUT2D eigenvalue weighted by molar-refractivity contribution is 0.0951. The summed E-state index contributed by atoms with van der Waals surface area (Å²) in [6.45, 7) is 3.33. The monoisotopic (exact) mass is 571 g/mol. The molecule has 5 rings (SSSR count). The molecule has 1 saturated carbocycles. The van der Waals surface area contributed by atoms with Gasteiger partial charge in [0, 0.05) is 29.4 Å². The van der Waals surface area contributed by atoms with Crippen molar-refractivity contribution in [2.45, 2.75) is 38.8 Å². The molecule has 0 aliphatic heterocycles. The van der Waals surface area contributed by atoms with Gasteiger partial charge in [0.1, 0.15) is 11.4 Å². The zero-order valence-electron chi connectivity index (χ0n) is 22.8. The number of nitrogens with two attached hydrogens (primary N) is 1. The molecule has 1 aliphatic rings. The summed E-state index contributed by atoms with van der Waals surface area (Å²) < 4.78 is 11.6. The zero-order chi connectivity index (χ0) is 28.6. The summed E-state index contributed by atoms with van der Waals surface area (Å²) >= 11 is 1.21. The van der Waals surface area contributed by atoms with Crippen molar-refractivity contribution < 1.29 is 19.1 Å². The lowest BCUT2D eigenvalue weighted by Gasteiger charge is -2.10. The van der Waals surface area contributed by atoms with Gasteiger partial charge in [-0.2, -0.15) is 0 Å². The number of aryl methyl sites for hydroxylation is 1. The van der Waals surface area contributed by atoms with Gasteiger partial charge >= 0.3 is 6.09 Å². The fourth-order valence-electron chi connectivity index (χ4n) is 4.02. The Bertz CT molecular complexity index is 1500. The number of anilines is 2. The normalized spacial score (nSPS) is 12.4. The number of nitrogens with zero attached hydrogens (tertiary/aromatic N) is 1. The number of ether oxygens (including phenoxy) is 2. The fourth-order valence-corrected chi connectivity index (χ4v) is 4.87. The van der Waals surface area contributed by atoms with Crippen molar-refractivity contribution >= 4 is 34.2 Å². The van der Waals surface area contributed by atoms with Crippen LogP contribution in [0.3, 0.4) is 0 Å². The summed E-state index contributed by atoms with van der Waals surface area (Å²) in [6, 6.07) is 22.9. The molecule has 3 aromatic carbocycles. The van der Waals surface area contributed by atoms with Gasteiger partial charge in [-0.15, -0.1) is 0 Å². The first-order valence-corrected chi connectivity index (χ1v) is 14.4. The summed E-state index contributed by atoms with van der Waals surface area (Å²) in [5.41, 5.74) is 10.0. The maximum Gasteiger partial charge on any atom is 0.413 e. The second-order valence-corrected chi connectivity index (χ2v) is 10.8. The van der Waals surface area contributed by atoms with E-state index in [4.69, 9.17) is 20.2 Å². The first kappa shape index (κ1) is 28.1. The molecule has 1 heterocycles. The molecule has 0 radical (unpaired) electrons. The van der Waals surface area contributed by atoms with Crippen molar-refractivity contribution in [3.05, 3.63) is 89.5 Å². The number of hydrogen-bond donors (Lipinski definition) is 4. The number of nitrogens with one attached hydrogen (secondary N) is 3. The minimum atomic E-state index is -0.587. The van der Waals surface area contributed by atoms with Crippen LogP contribution in [-0.2, 0) is 6.54 Å². The Hall–Kier alpha value is -4.41. The molecule has 0 unspecified atom stereocenters. The van der Waals surface area contributed by atoms with Gasteiger partial charge in [-0.05, 0) is 68.1 Å². The van der Waals surface area contributed by atoms with Crippen LogP contribution in [-0.4, -0.2) is 36.2 Å². The molecule has 0 bridgehead atoms. The Balaban J connectivity index is 1.39. The van der Waals surface area contributed by atoms with Crippen LogP contribution in [0.4, 0.5) is 15.6 Å². The van der Waals surface area contributed by atoms with Crippen molar-refractivity contribution in [2.75, 3.05) is 18.5 Å². The van der Waals surface area contributed by atoms with E-state index < -0.39 is 6.09 Å². The highest BCUT2D eigenvalue weighted by Crippen LogP contribution is 2.40. The standard InChI is InChI=1S/C31H33N5O4S/c1-20-11-12-23(28(37)34-24-13-14-24)18-26(20)35-30-36-27(22-9-5-10-25(17-22)39-16-6-15-32)29(41-30)40-31(38)33-19-21-7-3-2-4-8-21/h2-5,7-12,17-18,24H,6,13-16,19,32H2,1H3,(H,33,38)(H,34,37)(H,35,36). The molecular weight excluding hydrogens is 538 g/mol. The van der Waals surface area contributed by atoms with Gasteiger partial charge in [0.05, 0.1) is 6.61 Å². The number of carbonyl (C=O) groups is 2. The van der Waals surface area contributed by atoms with E-state index in [1.54, 1.807) is 0 Å². The van der Waals surface area contributed by atoms with E-state index in [0.29, 0.717) is 46.9 Å². The van der Waals surface area contributed by atoms with E-state index in [-0.39, 0.29) is 11.9 Å². The number of benzene rings is 3. The van der Waals surface area contributed by atoms with Gasteiger partial charge in [0.25, 0.3) is 5.91 Å². The Kier molecular flexibility index (Phi) is 9.12. The van der Waals surface area contributed by atoms with Crippen molar-refractivity contribution in [1.29, 1.82) is 0 Å². The largest absolute Gasteiger partial charge is 0.494 e. The van der Waals surface area contributed by atoms with Crippen molar-refractivity contribution in [3.63, 3.8) is 0 Å². The Morgan fingerprint density at radius 2 is 1.88 bits per heavy atom. The van der Waals surface area contributed by atoms with Crippen molar-refractivity contribution in [1.82, 2.24) is 15.6 Å². The van der Waals surface area contributed by atoms with Crippen LogP contribution in [0, 0.1) is 6.92 Å². The Morgan fingerprint density at radius 3 is 2.66 bits per heavy atom. The third-order valence-electron chi connectivity index (χ3n) is 6.44. The lowest BCUT2D eigenvalue weighted by atomic mass is 10.1. The van der Waals surface area contributed by atoms with E-state index in [9.17, 15) is 9.59 Å². The number of amides is 2. The van der Waals surface area contributed by atoms with Gasteiger partial charge < -0.3 is 31.2 Å². The highest BCUT2D eigenvalue weighted by Gasteiger charge is 2.24. The van der Waals surface area contributed by atoms with Gasteiger partial charge in [-0.25, -0.2) is 9.78 Å². The molecule has 1 aliphatic carbocycles. The van der Waals surface area contributed by atoms with E-state index in [1.807, 2.05) is 79.7 Å². The number of aromatic nitrogens is 1. The third-order valence-corrected chi connectivity index (χ3v) is 7.29. The third kappa shape index (κ3) is 7.84. The average Bonchev–Trinajstić information content (AvgIpc) is 3.71. The summed E-state index contributed by atoms with van der Waals surface area (Å²) in [4.78, 5) is 30.2. The smallest absolute Gasteiger partial charge is 0.413 e. The van der Waals surface area contributed by atoms with E-state index in [0.717, 1.165) is 41.6 Å². The van der Waals surface area contributed by atoms with Crippen molar-refractivity contribution in [3.8, 4) is 22.1 Å². The van der Waals surface area contributed by atoms with Crippen molar-refractivity contribution in [2.24, 2.45) is 5.73 Å². The second kappa shape index (κ2) is 13.3. The predicted octanol–water partition coefficient (Wildman–Crippen LogP) is 5.77. The topological polar surface area (TPSA) is 128 Å². The molecule has 212 valence electrons. The molecule has 1 aromatic heterocycles. The first-order chi connectivity index (χ1) is 20.0. The summed E-state index contributed by atoms with van der Waals surface area (Å²) in [5.74, 6) is 0.573. The van der Waals surface area contributed by atoms with Gasteiger partial charge in [-0.3, -0.25) is 4.79 Å². The molecule has 4 aromatic rings. The number of hydrogen-bond acceptors (Lipinski definition) is 8. The van der Waals surface area contributed by atoms with Crippen LogP contribution in [0.15, 0.2) is 72.8 Å². The maximum absolute atomic E-state index is 12.8. The highest BCUT2D eigenvalue weighted by molar-refractivity contribution is 7.18. The number of rotatable bonds is 12. The van der Waals surface area contributed by atoms with Crippen LogP contribution in [0.2, 0.25) is 0 Å². The Labute approximate surface area is 243 Å². The van der Waals surface area contributed by atoms with E-state index >= 15 is 0 Å². The van der Waals surface area contributed by atoms with E-state index in [1.165, 1.54) is 11.3 Å².